The summed E-state index contributed by atoms with van der Waals surface area (Å²) >= 11 is 3.35. The first-order valence-electron chi connectivity index (χ1n) is 6.22. The zero-order valence-electron chi connectivity index (χ0n) is 10.6. The molecule has 0 amide bonds. The Morgan fingerprint density at radius 1 is 1.47 bits per heavy atom. The number of benzene rings is 1. The van der Waals surface area contributed by atoms with Crippen LogP contribution in [0.1, 0.15) is 29.3 Å². The van der Waals surface area contributed by atoms with Gasteiger partial charge in [-0.2, -0.15) is 0 Å². The number of halogens is 1. The van der Waals surface area contributed by atoms with E-state index in [1.165, 1.54) is 0 Å². The summed E-state index contributed by atoms with van der Waals surface area (Å²) in [6, 6.07) is 5.42. The van der Waals surface area contributed by atoms with Gasteiger partial charge in [-0.15, -0.1) is 0 Å². The molecule has 0 fully saturated rings. The highest BCUT2D eigenvalue weighted by Gasteiger charge is 2.30. The van der Waals surface area contributed by atoms with Crippen molar-refractivity contribution in [2.45, 2.75) is 24.6 Å². The zero-order chi connectivity index (χ0) is 13.8. The van der Waals surface area contributed by atoms with E-state index in [4.69, 9.17) is 9.47 Å². The number of hydrogen-bond donors (Lipinski definition) is 0. The van der Waals surface area contributed by atoms with Crippen LogP contribution < -0.4 is 4.74 Å². The average molecular weight is 327 g/mol. The van der Waals surface area contributed by atoms with Gasteiger partial charge in [0.05, 0.1) is 24.5 Å². The molecule has 0 aliphatic heterocycles. The van der Waals surface area contributed by atoms with E-state index in [9.17, 15) is 9.59 Å². The SMILES string of the molecule is CCOC(=O)CCOc1cccc2c1CC(Br)C2=O. The first kappa shape index (κ1) is 14.1. The lowest BCUT2D eigenvalue weighted by Crippen LogP contribution is -2.10. The van der Waals surface area contributed by atoms with E-state index in [1.54, 1.807) is 19.1 Å². The molecule has 0 bridgehead atoms. The van der Waals surface area contributed by atoms with Crippen molar-refractivity contribution in [2.24, 2.45) is 0 Å². The lowest BCUT2D eigenvalue weighted by Gasteiger charge is -2.09. The van der Waals surface area contributed by atoms with Gasteiger partial charge in [0.2, 0.25) is 0 Å². The molecular weight excluding hydrogens is 312 g/mol. The smallest absolute Gasteiger partial charge is 0.309 e. The van der Waals surface area contributed by atoms with Crippen LogP contribution in [0.5, 0.6) is 5.75 Å². The number of hydrogen-bond acceptors (Lipinski definition) is 4. The zero-order valence-corrected chi connectivity index (χ0v) is 12.2. The van der Waals surface area contributed by atoms with Crippen molar-refractivity contribution in [3.8, 4) is 5.75 Å². The molecular formula is C14H15BrO4. The summed E-state index contributed by atoms with van der Waals surface area (Å²) in [6.07, 6.45) is 0.840. The third kappa shape index (κ3) is 3.15. The Balaban J connectivity index is 1.99. The quantitative estimate of drug-likeness (QED) is 0.616. The number of alkyl halides is 1. The van der Waals surface area contributed by atoms with Crippen LogP contribution in [0.4, 0.5) is 0 Å². The van der Waals surface area contributed by atoms with Gasteiger partial charge in [0.25, 0.3) is 0 Å². The van der Waals surface area contributed by atoms with Crippen molar-refractivity contribution in [3.05, 3.63) is 29.3 Å². The number of carbonyl (C=O) groups excluding carboxylic acids is 2. The summed E-state index contributed by atoms with van der Waals surface area (Å²) in [5.41, 5.74) is 1.62. The highest BCUT2D eigenvalue weighted by atomic mass is 79.9. The molecule has 1 aromatic carbocycles. The maximum atomic E-state index is 11.8. The molecule has 102 valence electrons. The molecule has 0 aromatic heterocycles. The molecule has 1 aromatic rings. The van der Waals surface area contributed by atoms with Crippen LogP contribution in [-0.4, -0.2) is 29.8 Å². The number of esters is 1. The molecule has 0 saturated heterocycles. The van der Waals surface area contributed by atoms with Gasteiger partial charge in [-0.25, -0.2) is 0 Å². The minimum atomic E-state index is -0.274. The number of ketones is 1. The van der Waals surface area contributed by atoms with E-state index in [0.29, 0.717) is 24.3 Å². The third-order valence-corrected chi connectivity index (χ3v) is 3.67. The fraction of sp³-hybridized carbons (Fsp3) is 0.429. The Morgan fingerprint density at radius 3 is 3.00 bits per heavy atom. The average Bonchev–Trinajstić information content (AvgIpc) is 2.67. The molecule has 0 radical (unpaired) electrons. The normalized spacial score (nSPS) is 17.2. The van der Waals surface area contributed by atoms with E-state index >= 15 is 0 Å². The second-order valence-electron chi connectivity index (χ2n) is 4.22. The van der Waals surface area contributed by atoms with E-state index in [0.717, 1.165) is 5.56 Å². The summed E-state index contributed by atoms with van der Waals surface area (Å²) in [6.45, 7) is 2.40. The van der Waals surface area contributed by atoms with Crippen LogP contribution >= 0.6 is 15.9 Å². The van der Waals surface area contributed by atoms with Crippen molar-refractivity contribution >= 4 is 27.7 Å². The number of fused-ring (bicyclic) bond motifs is 1. The van der Waals surface area contributed by atoms with E-state index in [-0.39, 0.29) is 29.6 Å². The van der Waals surface area contributed by atoms with Crippen molar-refractivity contribution in [1.82, 2.24) is 0 Å². The first-order valence-corrected chi connectivity index (χ1v) is 7.13. The van der Waals surface area contributed by atoms with Gasteiger partial charge in [0.1, 0.15) is 5.75 Å². The molecule has 19 heavy (non-hydrogen) atoms. The lowest BCUT2D eigenvalue weighted by atomic mass is 10.1. The minimum absolute atomic E-state index is 0.0887. The molecule has 4 nitrogen and oxygen atoms in total. The van der Waals surface area contributed by atoms with Gasteiger partial charge in [0.15, 0.2) is 5.78 Å². The molecule has 2 rings (SSSR count). The van der Waals surface area contributed by atoms with Crippen molar-refractivity contribution in [1.29, 1.82) is 0 Å². The van der Waals surface area contributed by atoms with Crippen LogP contribution in [0.3, 0.4) is 0 Å². The largest absolute Gasteiger partial charge is 0.493 e. The third-order valence-electron chi connectivity index (χ3n) is 2.94. The van der Waals surface area contributed by atoms with Crippen LogP contribution in [0.25, 0.3) is 0 Å². The van der Waals surface area contributed by atoms with Crippen LogP contribution in [0.15, 0.2) is 18.2 Å². The number of rotatable bonds is 5. The van der Waals surface area contributed by atoms with Gasteiger partial charge >= 0.3 is 5.97 Å². The van der Waals surface area contributed by atoms with Gasteiger partial charge in [-0.1, -0.05) is 28.1 Å². The predicted molar refractivity (Wildman–Crippen MR) is 73.9 cm³/mol. The Morgan fingerprint density at radius 2 is 2.26 bits per heavy atom. The van der Waals surface area contributed by atoms with Crippen molar-refractivity contribution in [3.63, 3.8) is 0 Å². The van der Waals surface area contributed by atoms with Crippen LogP contribution in [0.2, 0.25) is 0 Å². The Kier molecular flexibility index (Phi) is 4.58. The number of Topliss-reactive ketones (excluding diaryl/α,β-unsaturated/α-hetero) is 1. The number of carbonyl (C=O) groups is 2. The molecule has 1 aliphatic carbocycles. The van der Waals surface area contributed by atoms with Gasteiger partial charge in [0, 0.05) is 11.1 Å². The van der Waals surface area contributed by atoms with Crippen molar-refractivity contribution < 1.29 is 19.1 Å². The fourth-order valence-corrected chi connectivity index (χ4v) is 2.63. The topological polar surface area (TPSA) is 52.6 Å². The Labute approximate surface area is 120 Å². The first-order chi connectivity index (χ1) is 9.13. The summed E-state index contributed by atoms with van der Waals surface area (Å²) in [5, 5.41) is 0. The second-order valence-corrected chi connectivity index (χ2v) is 5.33. The molecule has 0 heterocycles. The van der Waals surface area contributed by atoms with Gasteiger partial charge in [-0.05, 0) is 19.4 Å². The molecule has 1 atom stereocenters. The summed E-state index contributed by atoms with van der Waals surface area (Å²) < 4.78 is 10.4. The maximum Gasteiger partial charge on any atom is 0.309 e. The Hall–Kier alpha value is -1.36. The molecule has 1 unspecified atom stereocenters. The summed E-state index contributed by atoms with van der Waals surface area (Å²) in [7, 11) is 0. The maximum absolute atomic E-state index is 11.8. The molecule has 0 saturated carbocycles. The highest BCUT2D eigenvalue weighted by molar-refractivity contribution is 9.10. The molecule has 5 heteroatoms. The summed E-state index contributed by atoms with van der Waals surface area (Å²) in [4.78, 5) is 22.9. The van der Waals surface area contributed by atoms with E-state index in [2.05, 4.69) is 15.9 Å². The second kappa shape index (κ2) is 6.19. The monoisotopic (exact) mass is 326 g/mol. The summed E-state index contributed by atoms with van der Waals surface area (Å²) in [5.74, 6) is 0.493. The molecule has 0 N–H and O–H groups in total. The predicted octanol–water partition coefficient (Wildman–Crippen LogP) is 2.52. The van der Waals surface area contributed by atoms with Crippen LogP contribution in [-0.2, 0) is 16.0 Å². The fourth-order valence-electron chi connectivity index (χ4n) is 2.06. The van der Waals surface area contributed by atoms with E-state index < -0.39 is 0 Å². The lowest BCUT2D eigenvalue weighted by molar-refractivity contribution is -0.143. The number of ether oxygens (including phenoxy) is 2. The standard InChI is InChI=1S/C14H15BrO4/c1-2-18-13(16)6-7-19-12-5-3-4-9-10(12)8-11(15)14(9)17/h3-5,11H,2,6-8H2,1H3. The Bertz CT molecular complexity index is 498. The van der Waals surface area contributed by atoms with E-state index in [1.807, 2.05) is 6.07 Å². The van der Waals surface area contributed by atoms with Gasteiger partial charge < -0.3 is 9.47 Å². The van der Waals surface area contributed by atoms with Gasteiger partial charge in [-0.3, -0.25) is 9.59 Å². The molecule has 0 spiro atoms. The highest BCUT2D eigenvalue weighted by Crippen LogP contribution is 2.33. The minimum Gasteiger partial charge on any atom is -0.493 e. The molecule has 1 aliphatic rings. The van der Waals surface area contributed by atoms with Crippen molar-refractivity contribution in [2.75, 3.05) is 13.2 Å². The van der Waals surface area contributed by atoms with Crippen LogP contribution in [0, 0.1) is 0 Å².